The quantitative estimate of drug-likeness (QED) is 0.665. The van der Waals surface area contributed by atoms with E-state index in [4.69, 9.17) is 10.5 Å². The Bertz CT molecular complexity index is 498. The molecule has 0 aliphatic heterocycles. The molecule has 1 aromatic rings. The van der Waals surface area contributed by atoms with E-state index in [1.54, 1.807) is 18.2 Å². The van der Waals surface area contributed by atoms with Gasteiger partial charge in [0.1, 0.15) is 5.75 Å². The van der Waals surface area contributed by atoms with Crippen molar-refractivity contribution in [1.82, 2.24) is 10.6 Å². The van der Waals surface area contributed by atoms with Crippen molar-refractivity contribution in [2.45, 2.75) is 18.9 Å². The van der Waals surface area contributed by atoms with Crippen LogP contribution in [-0.4, -0.2) is 31.5 Å². The average Bonchev–Trinajstić information content (AvgIpc) is 3.20. The molecular weight excluding hydrogens is 246 g/mol. The highest BCUT2D eigenvalue weighted by molar-refractivity contribution is 6.01. The van der Waals surface area contributed by atoms with Crippen LogP contribution in [0.3, 0.4) is 0 Å². The van der Waals surface area contributed by atoms with Gasteiger partial charge in [-0.15, -0.1) is 0 Å². The predicted molar refractivity (Wildman–Crippen MR) is 70.9 cm³/mol. The van der Waals surface area contributed by atoms with E-state index in [9.17, 15) is 9.59 Å². The maximum Gasteiger partial charge on any atom is 0.253 e. The van der Waals surface area contributed by atoms with Crippen molar-refractivity contribution in [3.05, 3.63) is 23.8 Å². The Hall–Kier alpha value is -2.24. The summed E-state index contributed by atoms with van der Waals surface area (Å²) in [5.41, 5.74) is 6.38. The molecular formula is C13H17N3O3. The third kappa shape index (κ3) is 3.61. The monoisotopic (exact) mass is 263 g/mol. The fourth-order valence-corrected chi connectivity index (χ4v) is 1.62. The van der Waals surface area contributed by atoms with Gasteiger partial charge in [-0.25, -0.2) is 0 Å². The SMILES string of the molecule is COc1ccc(N)c(C(=O)NCC(=O)NC2CC2)c1. The van der Waals surface area contributed by atoms with Crippen molar-refractivity contribution in [2.24, 2.45) is 0 Å². The normalized spacial score (nSPS) is 13.7. The number of methoxy groups -OCH3 is 1. The maximum atomic E-state index is 11.9. The van der Waals surface area contributed by atoms with Gasteiger partial charge < -0.3 is 21.1 Å². The first-order valence-electron chi connectivity index (χ1n) is 6.11. The van der Waals surface area contributed by atoms with Gasteiger partial charge in [0, 0.05) is 11.7 Å². The molecule has 0 aromatic heterocycles. The summed E-state index contributed by atoms with van der Waals surface area (Å²) in [6, 6.07) is 5.10. The van der Waals surface area contributed by atoms with Gasteiger partial charge in [-0.3, -0.25) is 9.59 Å². The highest BCUT2D eigenvalue weighted by Gasteiger charge is 2.23. The first-order valence-corrected chi connectivity index (χ1v) is 6.11. The fourth-order valence-electron chi connectivity index (χ4n) is 1.62. The van der Waals surface area contributed by atoms with Crippen LogP contribution in [0.25, 0.3) is 0 Å². The second-order valence-electron chi connectivity index (χ2n) is 4.48. The Morgan fingerprint density at radius 2 is 2.16 bits per heavy atom. The summed E-state index contributed by atoms with van der Waals surface area (Å²) in [5, 5.41) is 5.33. The summed E-state index contributed by atoms with van der Waals surface area (Å²) >= 11 is 0. The van der Waals surface area contributed by atoms with E-state index < -0.39 is 0 Å². The number of carbonyl (C=O) groups excluding carboxylic acids is 2. The molecule has 0 unspecified atom stereocenters. The molecule has 6 heteroatoms. The van der Waals surface area contributed by atoms with Gasteiger partial charge in [0.15, 0.2) is 0 Å². The summed E-state index contributed by atoms with van der Waals surface area (Å²) in [6.07, 6.45) is 2.03. The number of hydrogen-bond acceptors (Lipinski definition) is 4. The van der Waals surface area contributed by atoms with Crippen LogP contribution in [0.4, 0.5) is 5.69 Å². The zero-order chi connectivity index (χ0) is 13.8. The Balaban J connectivity index is 1.92. The van der Waals surface area contributed by atoms with Crippen LogP contribution in [0.1, 0.15) is 23.2 Å². The smallest absolute Gasteiger partial charge is 0.253 e. The Labute approximate surface area is 111 Å². The number of anilines is 1. The third-order valence-electron chi connectivity index (χ3n) is 2.86. The number of rotatable bonds is 5. The molecule has 19 heavy (non-hydrogen) atoms. The second kappa shape index (κ2) is 5.60. The molecule has 1 aromatic carbocycles. The van der Waals surface area contributed by atoms with Gasteiger partial charge in [0.2, 0.25) is 5.91 Å². The molecule has 0 saturated heterocycles. The molecule has 1 fully saturated rings. The number of nitrogens with one attached hydrogen (secondary N) is 2. The van der Waals surface area contributed by atoms with E-state index in [1.165, 1.54) is 7.11 Å². The topological polar surface area (TPSA) is 93.4 Å². The number of benzene rings is 1. The van der Waals surface area contributed by atoms with Crippen LogP contribution >= 0.6 is 0 Å². The summed E-state index contributed by atoms with van der Waals surface area (Å²) < 4.78 is 5.03. The molecule has 0 spiro atoms. The molecule has 6 nitrogen and oxygen atoms in total. The van der Waals surface area contributed by atoms with Crippen molar-refractivity contribution in [1.29, 1.82) is 0 Å². The lowest BCUT2D eigenvalue weighted by Gasteiger charge is -2.09. The summed E-state index contributed by atoms with van der Waals surface area (Å²) in [5.74, 6) is -0.0264. The Kier molecular flexibility index (Phi) is 3.89. The predicted octanol–water partition coefficient (Wildman–Crippen LogP) is 0.286. The molecule has 0 atom stereocenters. The molecule has 1 aliphatic carbocycles. The van der Waals surface area contributed by atoms with E-state index in [-0.39, 0.29) is 24.4 Å². The summed E-state index contributed by atoms with van der Waals surface area (Å²) in [7, 11) is 1.51. The minimum atomic E-state index is -0.387. The van der Waals surface area contributed by atoms with Gasteiger partial charge >= 0.3 is 0 Å². The van der Waals surface area contributed by atoms with Crippen molar-refractivity contribution >= 4 is 17.5 Å². The van der Waals surface area contributed by atoms with Gasteiger partial charge in [0.25, 0.3) is 5.91 Å². The fraction of sp³-hybridized carbons (Fsp3) is 0.385. The maximum absolute atomic E-state index is 11.9. The van der Waals surface area contributed by atoms with Crippen LogP contribution in [0, 0.1) is 0 Å². The Morgan fingerprint density at radius 3 is 2.79 bits per heavy atom. The molecule has 0 radical (unpaired) electrons. The number of amides is 2. The van der Waals surface area contributed by atoms with E-state index in [1.807, 2.05) is 0 Å². The molecule has 1 saturated carbocycles. The standard InChI is InChI=1S/C13H17N3O3/c1-19-9-4-5-11(14)10(6-9)13(18)15-7-12(17)16-8-2-3-8/h4-6,8H,2-3,7,14H2,1H3,(H,15,18)(H,16,17). The van der Waals surface area contributed by atoms with Crippen LogP contribution in [-0.2, 0) is 4.79 Å². The third-order valence-corrected chi connectivity index (χ3v) is 2.86. The van der Waals surface area contributed by atoms with E-state index in [2.05, 4.69) is 10.6 Å². The van der Waals surface area contributed by atoms with Crippen molar-refractivity contribution < 1.29 is 14.3 Å². The lowest BCUT2D eigenvalue weighted by Crippen LogP contribution is -2.38. The molecule has 4 N–H and O–H groups in total. The lowest BCUT2D eigenvalue weighted by molar-refractivity contribution is -0.120. The summed E-state index contributed by atoms with van der Waals surface area (Å²) in [4.78, 5) is 23.4. The number of ether oxygens (including phenoxy) is 1. The first kappa shape index (κ1) is 13.2. The zero-order valence-electron chi connectivity index (χ0n) is 10.7. The summed E-state index contributed by atoms with van der Waals surface area (Å²) in [6.45, 7) is -0.0496. The van der Waals surface area contributed by atoms with Crippen LogP contribution in [0.2, 0.25) is 0 Å². The molecule has 0 bridgehead atoms. The molecule has 0 heterocycles. The second-order valence-corrected chi connectivity index (χ2v) is 4.48. The molecule has 102 valence electrons. The van der Waals surface area contributed by atoms with Gasteiger partial charge in [-0.05, 0) is 31.0 Å². The van der Waals surface area contributed by atoms with Crippen LogP contribution < -0.4 is 21.1 Å². The first-order chi connectivity index (χ1) is 9.10. The highest BCUT2D eigenvalue weighted by atomic mass is 16.5. The van der Waals surface area contributed by atoms with Crippen LogP contribution in [0.15, 0.2) is 18.2 Å². The van der Waals surface area contributed by atoms with Crippen molar-refractivity contribution in [3.63, 3.8) is 0 Å². The Morgan fingerprint density at radius 1 is 1.42 bits per heavy atom. The molecule has 2 amide bonds. The molecule has 1 aliphatic rings. The molecule has 2 rings (SSSR count). The average molecular weight is 263 g/mol. The number of carbonyl (C=O) groups is 2. The van der Waals surface area contributed by atoms with E-state index in [0.717, 1.165) is 12.8 Å². The minimum Gasteiger partial charge on any atom is -0.497 e. The van der Waals surface area contributed by atoms with Gasteiger partial charge in [-0.1, -0.05) is 0 Å². The van der Waals surface area contributed by atoms with E-state index >= 15 is 0 Å². The minimum absolute atomic E-state index is 0.0496. The number of nitrogens with two attached hydrogens (primary N) is 1. The van der Waals surface area contributed by atoms with Gasteiger partial charge in [-0.2, -0.15) is 0 Å². The lowest BCUT2D eigenvalue weighted by atomic mass is 10.1. The highest BCUT2D eigenvalue weighted by Crippen LogP contribution is 2.19. The van der Waals surface area contributed by atoms with Crippen LogP contribution in [0.5, 0.6) is 5.75 Å². The number of nitrogen functional groups attached to an aromatic ring is 1. The van der Waals surface area contributed by atoms with Crippen molar-refractivity contribution in [3.8, 4) is 5.75 Å². The van der Waals surface area contributed by atoms with Crippen molar-refractivity contribution in [2.75, 3.05) is 19.4 Å². The number of hydrogen-bond donors (Lipinski definition) is 3. The largest absolute Gasteiger partial charge is 0.497 e. The zero-order valence-corrected chi connectivity index (χ0v) is 10.7. The van der Waals surface area contributed by atoms with Gasteiger partial charge in [0.05, 0.1) is 19.2 Å². The van der Waals surface area contributed by atoms with E-state index in [0.29, 0.717) is 17.0 Å².